The molecule has 26 heavy (non-hydrogen) atoms. The zero-order chi connectivity index (χ0) is 20.0. The van der Waals surface area contributed by atoms with E-state index in [1.807, 2.05) is 0 Å². The van der Waals surface area contributed by atoms with Gasteiger partial charge in [0, 0.05) is 6.42 Å². The Kier molecular flexibility index (Phi) is 7.75. The quantitative estimate of drug-likeness (QED) is 0.211. The van der Waals surface area contributed by atoms with Crippen LogP contribution in [0.5, 0.6) is 0 Å². The number of thiol groups is 1. The molecule has 1 aliphatic rings. The molecular weight excluding hydrogens is 364 g/mol. The minimum absolute atomic E-state index is 0.0723. The number of carbonyl (C=O) groups is 6. The van der Waals surface area contributed by atoms with Crippen molar-refractivity contribution >= 4 is 48.5 Å². The summed E-state index contributed by atoms with van der Waals surface area (Å²) in [7, 11) is 0. The summed E-state index contributed by atoms with van der Waals surface area (Å²) < 4.78 is 0. The topological polar surface area (TPSA) is 142 Å². The molecule has 4 atom stereocenters. The first-order valence-electron chi connectivity index (χ1n) is 7.94. The Balaban J connectivity index is 2.49. The molecule has 5 amide bonds. The van der Waals surface area contributed by atoms with Crippen LogP contribution in [0.4, 0.5) is 0 Å². The molecule has 1 saturated heterocycles. The summed E-state index contributed by atoms with van der Waals surface area (Å²) in [6.45, 7) is 3.80. The summed E-state index contributed by atoms with van der Waals surface area (Å²) in [4.78, 5) is 70.4. The zero-order valence-corrected chi connectivity index (χ0v) is 15.5. The Morgan fingerprint density at radius 1 is 1.12 bits per heavy atom. The number of aldehydes is 1. The van der Waals surface area contributed by atoms with Crippen LogP contribution in [0.15, 0.2) is 0 Å². The predicted molar refractivity (Wildman–Crippen MR) is 93.0 cm³/mol. The van der Waals surface area contributed by atoms with Crippen LogP contribution < -0.4 is 16.0 Å². The highest BCUT2D eigenvalue weighted by molar-refractivity contribution is 7.81. The number of nitrogens with zero attached hydrogens (tertiary/aromatic N) is 1. The van der Waals surface area contributed by atoms with Crippen molar-refractivity contribution in [3.8, 4) is 0 Å². The normalized spacial score (nSPS) is 20.2. The van der Waals surface area contributed by atoms with Crippen LogP contribution in [-0.4, -0.2) is 70.6 Å². The van der Waals surface area contributed by atoms with Crippen molar-refractivity contribution in [3.05, 3.63) is 0 Å². The maximum absolute atomic E-state index is 12.0. The van der Waals surface area contributed by atoms with Crippen molar-refractivity contribution in [1.82, 2.24) is 20.9 Å². The number of amides is 5. The molecule has 0 aliphatic carbocycles. The molecule has 4 unspecified atom stereocenters. The molecule has 3 N–H and O–H groups in total. The van der Waals surface area contributed by atoms with Crippen LogP contribution in [-0.2, 0) is 28.8 Å². The molecule has 1 fully saturated rings. The van der Waals surface area contributed by atoms with E-state index in [9.17, 15) is 28.8 Å². The van der Waals surface area contributed by atoms with E-state index in [2.05, 4.69) is 28.6 Å². The second-order valence-corrected chi connectivity index (χ2v) is 6.61. The largest absolute Gasteiger partial charge is 0.345 e. The molecule has 0 aromatic carbocycles. The SMILES string of the molecule is CC(C=O)NC(=O)C(C)NC(=O)C(C)NC(=O)CN1C(=O)CC(S)C1=O. The van der Waals surface area contributed by atoms with Crippen LogP contribution in [0.1, 0.15) is 27.2 Å². The van der Waals surface area contributed by atoms with E-state index in [1.165, 1.54) is 20.8 Å². The molecule has 0 bridgehead atoms. The van der Waals surface area contributed by atoms with E-state index >= 15 is 0 Å². The fraction of sp³-hybridized carbons (Fsp3) is 0.600. The second-order valence-electron chi connectivity index (χ2n) is 5.99. The zero-order valence-electron chi connectivity index (χ0n) is 14.6. The Morgan fingerprint density at radius 2 is 1.65 bits per heavy atom. The van der Waals surface area contributed by atoms with Gasteiger partial charge in [-0.15, -0.1) is 0 Å². The summed E-state index contributed by atoms with van der Waals surface area (Å²) >= 11 is 3.95. The molecular formula is C15H22N4O6S. The predicted octanol–water partition coefficient (Wildman–Crippen LogP) is -2.24. The smallest absolute Gasteiger partial charge is 0.243 e. The number of likely N-dealkylation sites (tertiary alicyclic amines) is 1. The summed E-state index contributed by atoms with van der Waals surface area (Å²) in [5.74, 6) is -2.93. The van der Waals surface area contributed by atoms with Gasteiger partial charge in [0.2, 0.25) is 29.5 Å². The third-order valence-corrected chi connectivity index (χ3v) is 4.02. The van der Waals surface area contributed by atoms with E-state index in [1.54, 1.807) is 0 Å². The highest BCUT2D eigenvalue weighted by atomic mass is 32.1. The van der Waals surface area contributed by atoms with E-state index in [-0.39, 0.29) is 6.42 Å². The third-order valence-electron chi connectivity index (χ3n) is 3.62. The van der Waals surface area contributed by atoms with E-state index in [0.29, 0.717) is 6.29 Å². The van der Waals surface area contributed by atoms with Crippen molar-refractivity contribution in [3.63, 3.8) is 0 Å². The first kappa shape index (κ1) is 21.6. The Bertz CT molecular complexity index is 625. The summed E-state index contributed by atoms with van der Waals surface area (Å²) in [6, 6.07) is -2.61. The number of hydrogen-bond donors (Lipinski definition) is 4. The van der Waals surface area contributed by atoms with Crippen LogP contribution in [0.2, 0.25) is 0 Å². The van der Waals surface area contributed by atoms with E-state index in [4.69, 9.17) is 0 Å². The Hall–Kier alpha value is -2.43. The van der Waals surface area contributed by atoms with Gasteiger partial charge < -0.3 is 20.7 Å². The fourth-order valence-corrected chi connectivity index (χ4v) is 2.41. The van der Waals surface area contributed by atoms with Gasteiger partial charge in [0.05, 0.1) is 11.3 Å². The molecule has 1 aliphatic heterocycles. The van der Waals surface area contributed by atoms with Crippen molar-refractivity contribution in [1.29, 1.82) is 0 Å². The number of carbonyl (C=O) groups excluding carboxylic acids is 6. The van der Waals surface area contributed by atoms with Gasteiger partial charge in [-0.1, -0.05) is 0 Å². The van der Waals surface area contributed by atoms with Gasteiger partial charge in [-0.2, -0.15) is 12.6 Å². The van der Waals surface area contributed by atoms with Gasteiger partial charge in [-0.25, -0.2) is 0 Å². The highest BCUT2D eigenvalue weighted by Gasteiger charge is 2.37. The van der Waals surface area contributed by atoms with Gasteiger partial charge >= 0.3 is 0 Å². The lowest BCUT2D eigenvalue weighted by Gasteiger charge is -2.20. The molecule has 144 valence electrons. The molecule has 0 aromatic rings. The molecule has 0 saturated carbocycles. The summed E-state index contributed by atoms with van der Waals surface area (Å²) in [6.07, 6.45) is 0.475. The van der Waals surface area contributed by atoms with Gasteiger partial charge in [-0.3, -0.25) is 28.9 Å². The third kappa shape index (κ3) is 5.83. The molecule has 11 heteroatoms. The minimum Gasteiger partial charge on any atom is -0.345 e. The minimum atomic E-state index is -0.999. The van der Waals surface area contributed by atoms with E-state index < -0.39 is 59.5 Å². The molecule has 0 aromatic heterocycles. The molecule has 0 spiro atoms. The van der Waals surface area contributed by atoms with Crippen LogP contribution in [0.3, 0.4) is 0 Å². The van der Waals surface area contributed by atoms with Crippen LogP contribution in [0, 0.1) is 0 Å². The summed E-state index contributed by atoms with van der Waals surface area (Å²) in [5.41, 5.74) is 0. The van der Waals surface area contributed by atoms with Gasteiger partial charge in [0.15, 0.2) is 0 Å². The Labute approximate surface area is 155 Å². The lowest BCUT2D eigenvalue weighted by Crippen LogP contribution is -2.54. The number of nitrogens with one attached hydrogen (secondary N) is 3. The van der Waals surface area contributed by atoms with Crippen molar-refractivity contribution in [2.75, 3.05) is 6.54 Å². The lowest BCUT2D eigenvalue weighted by molar-refractivity contribution is -0.142. The Morgan fingerprint density at radius 3 is 2.15 bits per heavy atom. The van der Waals surface area contributed by atoms with Crippen molar-refractivity contribution in [2.24, 2.45) is 0 Å². The fourth-order valence-electron chi connectivity index (χ4n) is 2.12. The first-order valence-corrected chi connectivity index (χ1v) is 8.46. The van der Waals surface area contributed by atoms with Crippen molar-refractivity contribution in [2.45, 2.75) is 50.6 Å². The second kappa shape index (κ2) is 9.32. The van der Waals surface area contributed by atoms with Crippen LogP contribution in [0.25, 0.3) is 0 Å². The molecule has 1 rings (SSSR count). The monoisotopic (exact) mass is 386 g/mol. The van der Waals surface area contributed by atoms with Crippen molar-refractivity contribution < 1.29 is 28.8 Å². The average molecular weight is 386 g/mol. The maximum atomic E-state index is 12.0. The average Bonchev–Trinajstić information content (AvgIpc) is 2.80. The molecule has 0 radical (unpaired) electrons. The number of rotatable bonds is 8. The lowest BCUT2D eigenvalue weighted by atomic mass is 10.2. The number of hydrogen-bond acceptors (Lipinski definition) is 7. The number of imide groups is 1. The molecule has 10 nitrogen and oxygen atoms in total. The standard InChI is InChI=1S/C15H22N4O6S/c1-7(6-20)16-13(23)9(3)18-14(24)8(2)17-11(21)5-19-12(22)4-10(26)15(19)25/h6-10,26H,4-5H2,1-3H3,(H,16,23)(H,17,21)(H,18,24). The van der Waals surface area contributed by atoms with E-state index in [0.717, 1.165) is 4.90 Å². The van der Waals surface area contributed by atoms with Gasteiger partial charge in [-0.05, 0) is 20.8 Å². The van der Waals surface area contributed by atoms with Gasteiger partial charge in [0.1, 0.15) is 24.9 Å². The first-order chi connectivity index (χ1) is 12.1. The maximum Gasteiger partial charge on any atom is 0.243 e. The highest BCUT2D eigenvalue weighted by Crippen LogP contribution is 2.17. The molecule has 1 heterocycles. The summed E-state index contributed by atoms with van der Waals surface area (Å²) in [5, 5.41) is 6.36. The van der Waals surface area contributed by atoms with Gasteiger partial charge in [0.25, 0.3) is 0 Å². The van der Waals surface area contributed by atoms with Crippen LogP contribution >= 0.6 is 12.6 Å².